The van der Waals surface area contributed by atoms with Crippen LogP contribution in [-0.2, 0) is 9.53 Å². The zero-order chi connectivity index (χ0) is 18.7. The Hall–Kier alpha value is -1.80. The number of benzene rings is 2. The van der Waals surface area contributed by atoms with Crippen molar-refractivity contribution in [3.63, 3.8) is 0 Å². The molecule has 1 atom stereocenters. The summed E-state index contributed by atoms with van der Waals surface area (Å²) in [6, 6.07) is 12.7. The average Bonchev–Trinajstić information content (AvgIpc) is 3.07. The van der Waals surface area contributed by atoms with Gasteiger partial charge in [-0.05, 0) is 69.0 Å². The van der Waals surface area contributed by atoms with Gasteiger partial charge in [0.25, 0.3) is 0 Å². The summed E-state index contributed by atoms with van der Waals surface area (Å²) < 4.78 is 32.1. The minimum Gasteiger partial charge on any atom is -0.462 e. The topological polar surface area (TPSA) is 26.3 Å². The second kappa shape index (κ2) is 8.26. The predicted octanol–water partition coefficient (Wildman–Crippen LogP) is 4.08. The Labute approximate surface area is 154 Å². The molecule has 0 N–H and O–H groups in total. The highest BCUT2D eigenvalue weighted by atomic mass is 31.1. The van der Waals surface area contributed by atoms with E-state index in [2.05, 4.69) is 0 Å². The molecule has 133 valence electrons. The monoisotopic (exact) mass is 371 g/mol. The molecular weight excluding hydrogens is 353 g/mol. The van der Waals surface area contributed by atoms with E-state index in [4.69, 9.17) is 4.74 Å². The summed E-state index contributed by atoms with van der Waals surface area (Å²) in [7, 11) is -1.04. The van der Waals surface area contributed by atoms with Crippen molar-refractivity contribution >= 4 is 24.5 Å². The van der Waals surface area contributed by atoms with E-state index in [0.717, 1.165) is 22.2 Å². The summed E-state index contributed by atoms with van der Waals surface area (Å²) in [5.41, 5.74) is 1.01. The van der Waals surface area contributed by atoms with Crippen molar-refractivity contribution in [2.24, 2.45) is 0 Å². The molecule has 0 aromatic heterocycles. The fraction of sp³-hybridized carbons (Fsp3) is 0.143. The number of carbonyl (C=O) groups excluding carboxylic acids is 1. The number of esters is 1. The molecular formula is C21H18F2O2P. The third kappa shape index (κ3) is 4.29. The molecule has 0 unspecified atom stereocenters. The normalized spacial score (nSPS) is 16.8. The number of hydrogen-bond donors (Lipinski definition) is 0. The number of rotatable bonds is 5. The van der Waals surface area contributed by atoms with Gasteiger partial charge in [0, 0.05) is 18.5 Å². The van der Waals surface area contributed by atoms with Crippen LogP contribution in [0.4, 0.5) is 8.78 Å². The molecule has 2 nitrogen and oxygen atoms in total. The van der Waals surface area contributed by atoms with Crippen LogP contribution in [0.3, 0.4) is 0 Å². The number of carbonyl (C=O) groups is 1. The maximum Gasteiger partial charge on any atom is 0.302 e. The number of ether oxygens (including phenoxy) is 1. The quantitative estimate of drug-likeness (QED) is 0.585. The Morgan fingerprint density at radius 2 is 1.42 bits per heavy atom. The molecule has 1 aliphatic rings. The molecule has 0 saturated heterocycles. The van der Waals surface area contributed by atoms with Crippen LogP contribution in [-0.4, -0.2) is 12.1 Å². The fourth-order valence-electron chi connectivity index (χ4n) is 2.89. The molecule has 2 aromatic rings. The van der Waals surface area contributed by atoms with Gasteiger partial charge in [-0.25, -0.2) is 8.78 Å². The van der Waals surface area contributed by atoms with Crippen LogP contribution in [0.2, 0.25) is 0 Å². The Morgan fingerprint density at radius 3 is 1.88 bits per heavy atom. The van der Waals surface area contributed by atoms with Gasteiger partial charge in [-0.2, -0.15) is 0 Å². The lowest BCUT2D eigenvalue weighted by Crippen LogP contribution is -2.27. The summed E-state index contributed by atoms with van der Waals surface area (Å²) in [5.74, 6) is -0.0601. The van der Waals surface area contributed by atoms with Crippen LogP contribution >= 0.6 is 7.92 Å². The van der Waals surface area contributed by atoms with E-state index >= 15 is 0 Å². The maximum atomic E-state index is 13.4. The molecule has 1 saturated carbocycles. The molecule has 0 amide bonds. The van der Waals surface area contributed by atoms with Crippen molar-refractivity contribution < 1.29 is 18.3 Å². The lowest BCUT2D eigenvalue weighted by atomic mass is 10.0. The largest absolute Gasteiger partial charge is 0.462 e. The standard InChI is InChI=1S/C21H18F2O2P/c1-14(25-15(2)24)20-4-3-5-21(20)26(18-10-6-16(22)7-11-18)19-12-8-17(23)9-13-19/h3-14H,1-2H3/t14-/m1/s1. The van der Waals surface area contributed by atoms with Crippen molar-refractivity contribution in [3.8, 4) is 0 Å². The molecule has 1 aliphatic carbocycles. The van der Waals surface area contributed by atoms with Crippen molar-refractivity contribution in [3.05, 3.63) is 91.0 Å². The van der Waals surface area contributed by atoms with Gasteiger partial charge < -0.3 is 4.74 Å². The van der Waals surface area contributed by atoms with E-state index in [0.29, 0.717) is 0 Å². The van der Waals surface area contributed by atoms with Crippen LogP contribution in [0.1, 0.15) is 13.8 Å². The second-order valence-electron chi connectivity index (χ2n) is 5.91. The Kier molecular flexibility index (Phi) is 6.03. The summed E-state index contributed by atoms with van der Waals surface area (Å²) in [6.45, 7) is 3.20. The molecule has 3 rings (SSSR count). The van der Waals surface area contributed by atoms with E-state index in [1.54, 1.807) is 24.3 Å². The Bertz CT molecular complexity index is 700. The third-order valence-electron chi connectivity index (χ3n) is 4.02. The van der Waals surface area contributed by atoms with E-state index < -0.39 is 14.0 Å². The molecule has 0 bridgehead atoms. The van der Waals surface area contributed by atoms with Gasteiger partial charge in [0.15, 0.2) is 0 Å². The lowest BCUT2D eigenvalue weighted by Gasteiger charge is -2.31. The van der Waals surface area contributed by atoms with E-state index in [1.807, 2.05) is 26.2 Å². The highest BCUT2D eigenvalue weighted by Gasteiger charge is 2.41. The first kappa shape index (κ1) is 19.0. The van der Waals surface area contributed by atoms with Gasteiger partial charge in [0.2, 0.25) is 0 Å². The van der Waals surface area contributed by atoms with Crippen molar-refractivity contribution in [1.82, 2.24) is 0 Å². The molecule has 1 fully saturated rings. The molecule has 0 aliphatic heterocycles. The molecule has 26 heavy (non-hydrogen) atoms. The van der Waals surface area contributed by atoms with Crippen molar-refractivity contribution in [1.29, 1.82) is 0 Å². The highest BCUT2D eigenvalue weighted by molar-refractivity contribution is 7.76. The van der Waals surface area contributed by atoms with Crippen molar-refractivity contribution in [2.45, 2.75) is 20.0 Å². The Morgan fingerprint density at radius 1 is 0.923 bits per heavy atom. The van der Waals surface area contributed by atoms with Crippen LogP contribution in [0.5, 0.6) is 0 Å². The van der Waals surface area contributed by atoms with Gasteiger partial charge >= 0.3 is 5.97 Å². The van der Waals surface area contributed by atoms with Gasteiger partial charge in [0.05, 0.1) is 0 Å². The molecule has 0 heterocycles. The number of halogens is 2. The lowest BCUT2D eigenvalue weighted by molar-refractivity contribution is -0.144. The average molecular weight is 371 g/mol. The van der Waals surface area contributed by atoms with Crippen molar-refractivity contribution in [2.75, 3.05) is 0 Å². The van der Waals surface area contributed by atoms with Gasteiger partial charge in [0.1, 0.15) is 17.7 Å². The smallest absolute Gasteiger partial charge is 0.302 e. The predicted molar refractivity (Wildman–Crippen MR) is 99.6 cm³/mol. The summed E-state index contributed by atoms with van der Waals surface area (Å²) in [4.78, 5) is 11.3. The van der Waals surface area contributed by atoms with E-state index in [9.17, 15) is 13.6 Å². The molecule has 5 heteroatoms. The highest BCUT2D eigenvalue weighted by Crippen LogP contribution is 2.57. The minimum absolute atomic E-state index is 0.307. The summed E-state index contributed by atoms with van der Waals surface area (Å²) >= 11 is 0. The zero-order valence-electron chi connectivity index (χ0n) is 14.4. The maximum absolute atomic E-state index is 13.4. The second-order valence-corrected chi connectivity index (χ2v) is 8.09. The molecule has 2 aromatic carbocycles. The minimum atomic E-state index is -1.04. The van der Waals surface area contributed by atoms with Crippen LogP contribution in [0.15, 0.2) is 48.5 Å². The van der Waals surface area contributed by atoms with Crippen LogP contribution in [0, 0.1) is 42.5 Å². The van der Waals surface area contributed by atoms with E-state index in [-0.39, 0.29) is 17.6 Å². The van der Waals surface area contributed by atoms with E-state index in [1.165, 1.54) is 31.2 Å². The van der Waals surface area contributed by atoms with Gasteiger partial charge in [-0.15, -0.1) is 0 Å². The zero-order valence-corrected chi connectivity index (χ0v) is 15.3. The number of hydrogen-bond acceptors (Lipinski definition) is 2. The molecule has 5 radical (unpaired) electrons. The summed E-state index contributed by atoms with van der Waals surface area (Å²) in [5, 5.41) is 1.88. The first-order chi connectivity index (χ1) is 12.5. The van der Waals surface area contributed by atoms with Gasteiger partial charge in [-0.1, -0.05) is 24.3 Å². The van der Waals surface area contributed by atoms with Crippen LogP contribution < -0.4 is 10.6 Å². The van der Waals surface area contributed by atoms with Gasteiger partial charge in [-0.3, -0.25) is 4.79 Å². The Balaban J connectivity index is 1.97. The third-order valence-corrected chi connectivity index (χ3v) is 6.54. The first-order valence-electron chi connectivity index (χ1n) is 8.20. The first-order valence-corrected chi connectivity index (χ1v) is 9.54. The SMILES string of the molecule is CC(=O)O[C@H](C)[C]1[CH][CH][CH][C]1P(c1ccc(F)cc1)c1ccc(F)cc1. The fourth-order valence-corrected chi connectivity index (χ4v) is 5.39. The molecule has 0 spiro atoms. The van der Waals surface area contributed by atoms with Crippen LogP contribution in [0.25, 0.3) is 0 Å². The summed E-state index contributed by atoms with van der Waals surface area (Å²) in [6.07, 6.45) is 5.41.